The van der Waals surface area contributed by atoms with Gasteiger partial charge in [0.05, 0.1) is 18.8 Å². The van der Waals surface area contributed by atoms with Crippen molar-refractivity contribution in [3.63, 3.8) is 0 Å². The van der Waals surface area contributed by atoms with Crippen molar-refractivity contribution < 1.29 is 4.42 Å². The van der Waals surface area contributed by atoms with Crippen molar-refractivity contribution in [2.45, 2.75) is 45.8 Å². The SMILES string of the molecule is Cc1ccn(Cc2cc(CNC3CC3)oc2C)n1. The Kier molecular flexibility index (Phi) is 2.96. The lowest BCUT2D eigenvalue weighted by atomic mass is 10.2. The Hall–Kier alpha value is -1.55. The Morgan fingerprint density at radius 2 is 2.28 bits per heavy atom. The summed E-state index contributed by atoms with van der Waals surface area (Å²) in [5.41, 5.74) is 2.26. The molecule has 4 heteroatoms. The Balaban J connectivity index is 1.67. The molecule has 2 aromatic rings. The molecule has 96 valence electrons. The molecule has 0 saturated heterocycles. The van der Waals surface area contributed by atoms with Gasteiger partial charge in [-0.05, 0) is 38.8 Å². The lowest BCUT2D eigenvalue weighted by molar-refractivity contribution is 0.458. The van der Waals surface area contributed by atoms with Gasteiger partial charge in [0, 0.05) is 17.8 Å². The highest BCUT2D eigenvalue weighted by atomic mass is 16.3. The van der Waals surface area contributed by atoms with Crippen LogP contribution in [0.4, 0.5) is 0 Å². The first-order chi connectivity index (χ1) is 8.70. The predicted octanol–water partition coefficient (Wildman–Crippen LogP) is 2.39. The lowest BCUT2D eigenvalue weighted by Crippen LogP contribution is -2.14. The van der Waals surface area contributed by atoms with Gasteiger partial charge in [-0.2, -0.15) is 5.10 Å². The molecular formula is C14H19N3O. The molecule has 18 heavy (non-hydrogen) atoms. The molecule has 0 bridgehead atoms. The van der Waals surface area contributed by atoms with E-state index in [0.29, 0.717) is 6.04 Å². The summed E-state index contributed by atoms with van der Waals surface area (Å²) in [6.45, 7) is 5.65. The van der Waals surface area contributed by atoms with Crippen molar-refractivity contribution in [2.24, 2.45) is 0 Å². The summed E-state index contributed by atoms with van der Waals surface area (Å²) < 4.78 is 7.72. The standard InChI is InChI=1S/C14H19N3O/c1-10-5-6-17(16-10)9-12-7-14(18-11(12)2)8-15-13-3-4-13/h5-7,13,15H,3-4,8-9H2,1-2H3. The van der Waals surface area contributed by atoms with Gasteiger partial charge in [-0.15, -0.1) is 0 Å². The zero-order valence-electron chi connectivity index (χ0n) is 10.9. The highest BCUT2D eigenvalue weighted by molar-refractivity contribution is 5.21. The Labute approximate surface area is 107 Å². The molecule has 1 saturated carbocycles. The fourth-order valence-electron chi connectivity index (χ4n) is 2.09. The van der Waals surface area contributed by atoms with Crippen LogP contribution in [-0.4, -0.2) is 15.8 Å². The molecule has 0 aliphatic heterocycles. The van der Waals surface area contributed by atoms with E-state index in [9.17, 15) is 0 Å². The summed E-state index contributed by atoms with van der Waals surface area (Å²) in [4.78, 5) is 0. The molecule has 2 heterocycles. The van der Waals surface area contributed by atoms with Crippen molar-refractivity contribution in [1.82, 2.24) is 15.1 Å². The molecule has 1 aliphatic rings. The van der Waals surface area contributed by atoms with E-state index in [-0.39, 0.29) is 0 Å². The minimum Gasteiger partial charge on any atom is -0.465 e. The fraction of sp³-hybridized carbons (Fsp3) is 0.500. The third-order valence-electron chi connectivity index (χ3n) is 3.32. The molecule has 1 aliphatic carbocycles. The molecule has 3 rings (SSSR count). The topological polar surface area (TPSA) is 43.0 Å². The fourth-order valence-corrected chi connectivity index (χ4v) is 2.09. The average Bonchev–Trinajstić information content (AvgIpc) is 2.99. The maximum atomic E-state index is 5.77. The smallest absolute Gasteiger partial charge is 0.118 e. The molecule has 4 nitrogen and oxygen atoms in total. The zero-order valence-corrected chi connectivity index (χ0v) is 10.9. The molecule has 1 fully saturated rings. The van der Waals surface area contributed by atoms with Gasteiger partial charge in [0.2, 0.25) is 0 Å². The Morgan fingerprint density at radius 1 is 1.44 bits per heavy atom. The molecule has 0 unspecified atom stereocenters. The molecule has 0 amide bonds. The lowest BCUT2D eigenvalue weighted by Gasteiger charge is -1.98. The van der Waals surface area contributed by atoms with Crippen molar-refractivity contribution in [1.29, 1.82) is 0 Å². The predicted molar refractivity (Wildman–Crippen MR) is 69.4 cm³/mol. The van der Waals surface area contributed by atoms with Crippen molar-refractivity contribution in [3.05, 3.63) is 41.1 Å². The zero-order chi connectivity index (χ0) is 12.5. The highest BCUT2D eigenvalue weighted by Crippen LogP contribution is 2.21. The maximum absolute atomic E-state index is 5.77. The van der Waals surface area contributed by atoms with Crippen LogP contribution in [0.1, 0.15) is 35.6 Å². The van der Waals surface area contributed by atoms with Crippen LogP contribution in [0.2, 0.25) is 0 Å². The van der Waals surface area contributed by atoms with E-state index < -0.39 is 0 Å². The molecule has 0 spiro atoms. The molecular weight excluding hydrogens is 226 g/mol. The van der Waals surface area contributed by atoms with Crippen LogP contribution >= 0.6 is 0 Å². The first-order valence-corrected chi connectivity index (χ1v) is 6.52. The quantitative estimate of drug-likeness (QED) is 0.879. The van der Waals surface area contributed by atoms with Gasteiger partial charge in [-0.25, -0.2) is 0 Å². The second-order valence-corrected chi connectivity index (χ2v) is 5.10. The summed E-state index contributed by atoms with van der Waals surface area (Å²) in [6, 6.07) is 4.87. The first-order valence-electron chi connectivity index (χ1n) is 6.52. The molecule has 0 aromatic carbocycles. The van der Waals surface area contributed by atoms with E-state index in [1.165, 1.54) is 18.4 Å². The number of nitrogens with zero attached hydrogens (tertiary/aromatic N) is 2. The second-order valence-electron chi connectivity index (χ2n) is 5.10. The van der Waals surface area contributed by atoms with E-state index in [1.54, 1.807) is 0 Å². The summed E-state index contributed by atoms with van der Waals surface area (Å²) >= 11 is 0. The van der Waals surface area contributed by atoms with Crippen LogP contribution < -0.4 is 5.32 Å². The number of aryl methyl sites for hydroxylation is 2. The Bertz CT molecular complexity index is 537. The van der Waals surface area contributed by atoms with Crippen molar-refractivity contribution in [3.8, 4) is 0 Å². The van der Waals surface area contributed by atoms with Crippen LogP contribution in [0.15, 0.2) is 22.7 Å². The number of nitrogens with one attached hydrogen (secondary N) is 1. The van der Waals surface area contributed by atoms with Gasteiger partial charge >= 0.3 is 0 Å². The summed E-state index contributed by atoms with van der Waals surface area (Å²) in [7, 11) is 0. The van der Waals surface area contributed by atoms with Gasteiger partial charge in [-0.3, -0.25) is 4.68 Å². The highest BCUT2D eigenvalue weighted by Gasteiger charge is 2.20. The van der Waals surface area contributed by atoms with Gasteiger partial charge in [0.15, 0.2) is 0 Å². The average molecular weight is 245 g/mol. The second kappa shape index (κ2) is 4.61. The third kappa shape index (κ3) is 2.64. The molecule has 0 atom stereocenters. The first kappa shape index (κ1) is 11.5. The van der Waals surface area contributed by atoms with Gasteiger partial charge in [-0.1, -0.05) is 0 Å². The number of rotatable bonds is 5. The molecule has 0 radical (unpaired) electrons. The number of hydrogen-bond donors (Lipinski definition) is 1. The van der Waals surface area contributed by atoms with Crippen molar-refractivity contribution in [2.75, 3.05) is 0 Å². The van der Waals surface area contributed by atoms with Gasteiger partial charge in [0.25, 0.3) is 0 Å². The molecule has 1 N–H and O–H groups in total. The van der Waals surface area contributed by atoms with E-state index in [4.69, 9.17) is 4.42 Å². The van der Waals surface area contributed by atoms with E-state index >= 15 is 0 Å². The minimum atomic E-state index is 0.715. The van der Waals surface area contributed by atoms with Gasteiger partial charge < -0.3 is 9.73 Å². The Morgan fingerprint density at radius 3 is 2.94 bits per heavy atom. The molecule has 2 aromatic heterocycles. The number of aromatic nitrogens is 2. The largest absolute Gasteiger partial charge is 0.465 e. The van der Waals surface area contributed by atoms with E-state index in [0.717, 1.165) is 30.3 Å². The number of hydrogen-bond acceptors (Lipinski definition) is 3. The number of furan rings is 1. The van der Waals surface area contributed by atoms with Crippen LogP contribution in [0, 0.1) is 13.8 Å². The van der Waals surface area contributed by atoms with Crippen LogP contribution in [-0.2, 0) is 13.1 Å². The van der Waals surface area contributed by atoms with E-state index in [2.05, 4.69) is 16.5 Å². The summed E-state index contributed by atoms with van der Waals surface area (Å²) in [6.07, 6.45) is 4.61. The minimum absolute atomic E-state index is 0.715. The summed E-state index contributed by atoms with van der Waals surface area (Å²) in [5, 5.41) is 7.87. The van der Waals surface area contributed by atoms with Crippen LogP contribution in [0.3, 0.4) is 0 Å². The van der Waals surface area contributed by atoms with Crippen molar-refractivity contribution >= 4 is 0 Å². The third-order valence-corrected chi connectivity index (χ3v) is 3.32. The van der Waals surface area contributed by atoms with Crippen LogP contribution in [0.25, 0.3) is 0 Å². The van der Waals surface area contributed by atoms with E-state index in [1.807, 2.05) is 30.8 Å². The maximum Gasteiger partial charge on any atom is 0.118 e. The summed E-state index contributed by atoms with van der Waals surface area (Å²) in [5.74, 6) is 2.02. The van der Waals surface area contributed by atoms with Crippen LogP contribution in [0.5, 0.6) is 0 Å². The van der Waals surface area contributed by atoms with Gasteiger partial charge in [0.1, 0.15) is 11.5 Å². The normalized spacial score (nSPS) is 15.2. The monoisotopic (exact) mass is 245 g/mol.